The van der Waals surface area contributed by atoms with Crippen molar-refractivity contribution in [3.63, 3.8) is 0 Å². The fraction of sp³-hybridized carbons (Fsp3) is 0.435. The molecule has 0 unspecified atom stereocenters. The number of fused-ring (bicyclic) bond motifs is 1. The molecule has 2 saturated heterocycles. The summed E-state index contributed by atoms with van der Waals surface area (Å²) in [7, 11) is 0. The number of likely N-dealkylation sites (tertiary alicyclic amines) is 2. The molecule has 1 amide bonds. The maximum atomic E-state index is 13.4. The number of rotatable bonds is 6. The Bertz CT molecular complexity index is 818. The first-order valence-corrected chi connectivity index (χ1v) is 10.2. The topological polar surface area (TPSA) is 36.7 Å². The Morgan fingerprint density at radius 2 is 2.14 bits per heavy atom. The largest absolute Gasteiger partial charge is 0.465 e. The molecule has 2 aliphatic heterocycles. The predicted octanol–water partition coefficient (Wildman–Crippen LogP) is 3.99. The Kier molecular flexibility index (Phi) is 5.91. The third-order valence-corrected chi connectivity index (χ3v) is 5.95. The Morgan fingerprint density at radius 3 is 2.96 bits per heavy atom. The Hall–Kier alpha value is -2.40. The van der Waals surface area contributed by atoms with Gasteiger partial charge >= 0.3 is 0 Å². The van der Waals surface area contributed by atoms with E-state index < -0.39 is 0 Å². The quantitative estimate of drug-likeness (QED) is 0.758. The van der Waals surface area contributed by atoms with Gasteiger partial charge in [-0.05, 0) is 61.1 Å². The van der Waals surface area contributed by atoms with Crippen molar-refractivity contribution in [1.82, 2.24) is 9.80 Å². The van der Waals surface area contributed by atoms with Gasteiger partial charge in [-0.3, -0.25) is 9.69 Å². The zero-order valence-corrected chi connectivity index (χ0v) is 16.1. The number of nitrogens with zero attached hydrogens (tertiary/aromatic N) is 2. The minimum Gasteiger partial charge on any atom is -0.465 e. The highest BCUT2D eigenvalue weighted by Gasteiger charge is 2.38. The molecule has 4 nitrogen and oxygen atoms in total. The van der Waals surface area contributed by atoms with E-state index in [1.54, 1.807) is 18.4 Å². The van der Waals surface area contributed by atoms with Crippen LogP contribution in [0.1, 0.15) is 30.6 Å². The van der Waals surface area contributed by atoms with Crippen LogP contribution in [0.3, 0.4) is 0 Å². The molecule has 2 aliphatic rings. The van der Waals surface area contributed by atoms with E-state index in [9.17, 15) is 9.18 Å². The molecule has 28 heavy (non-hydrogen) atoms. The molecule has 0 saturated carbocycles. The predicted molar refractivity (Wildman–Crippen MR) is 107 cm³/mol. The number of halogens is 1. The van der Waals surface area contributed by atoms with Crippen LogP contribution in [0.4, 0.5) is 4.39 Å². The van der Waals surface area contributed by atoms with E-state index in [1.165, 1.54) is 6.07 Å². The molecule has 0 spiro atoms. The average Bonchev–Trinajstić information content (AvgIpc) is 3.21. The number of amides is 1. The van der Waals surface area contributed by atoms with Crippen LogP contribution in [-0.4, -0.2) is 47.9 Å². The van der Waals surface area contributed by atoms with Crippen LogP contribution in [-0.2, 0) is 11.2 Å². The highest BCUT2D eigenvalue weighted by Crippen LogP contribution is 2.31. The molecule has 2 aromatic rings. The molecule has 2 fully saturated rings. The molecule has 1 aromatic carbocycles. The first-order valence-electron chi connectivity index (χ1n) is 10.2. The van der Waals surface area contributed by atoms with E-state index in [0.717, 1.165) is 43.8 Å². The first kappa shape index (κ1) is 18.9. The number of piperidine rings is 2. The van der Waals surface area contributed by atoms with Crippen LogP contribution < -0.4 is 0 Å². The molecular weight excluding hydrogens is 355 g/mol. The minimum atomic E-state index is -0.212. The zero-order valence-electron chi connectivity index (χ0n) is 16.1. The summed E-state index contributed by atoms with van der Waals surface area (Å²) in [5.74, 6) is 1.44. The van der Waals surface area contributed by atoms with Crippen LogP contribution >= 0.6 is 0 Å². The highest BCUT2D eigenvalue weighted by atomic mass is 19.1. The Balaban J connectivity index is 1.33. The van der Waals surface area contributed by atoms with Gasteiger partial charge in [0.2, 0.25) is 5.91 Å². The summed E-state index contributed by atoms with van der Waals surface area (Å²) < 4.78 is 18.7. The normalized spacial score (nSPS) is 23.3. The van der Waals surface area contributed by atoms with Gasteiger partial charge in [-0.15, -0.1) is 0 Å². The lowest BCUT2D eigenvalue weighted by Crippen LogP contribution is -2.56. The maximum absolute atomic E-state index is 13.4. The Labute approximate surface area is 165 Å². The summed E-state index contributed by atoms with van der Waals surface area (Å²) >= 11 is 0. The van der Waals surface area contributed by atoms with Crippen molar-refractivity contribution in [1.29, 1.82) is 0 Å². The minimum absolute atomic E-state index is 0.212. The second-order valence-electron chi connectivity index (χ2n) is 7.80. The number of carbonyl (C=O) groups is 1. The highest BCUT2D eigenvalue weighted by molar-refractivity contribution is 5.77. The summed E-state index contributed by atoms with van der Waals surface area (Å²) in [6.07, 6.45) is 9.16. The van der Waals surface area contributed by atoms with Crippen LogP contribution in [0.15, 0.2) is 53.2 Å². The monoisotopic (exact) mass is 382 g/mol. The molecule has 0 bridgehead atoms. The molecule has 2 atom stereocenters. The van der Waals surface area contributed by atoms with Gasteiger partial charge in [0.15, 0.2) is 0 Å². The van der Waals surface area contributed by atoms with E-state index in [4.69, 9.17) is 4.42 Å². The fourth-order valence-corrected chi connectivity index (χ4v) is 4.53. The lowest BCUT2D eigenvalue weighted by molar-refractivity contribution is -0.140. The van der Waals surface area contributed by atoms with E-state index in [0.29, 0.717) is 31.3 Å². The van der Waals surface area contributed by atoms with Crippen LogP contribution in [0, 0.1) is 11.7 Å². The van der Waals surface area contributed by atoms with Gasteiger partial charge in [-0.25, -0.2) is 4.39 Å². The van der Waals surface area contributed by atoms with Gasteiger partial charge in [0.1, 0.15) is 11.6 Å². The van der Waals surface area contributed by atoms with Crippen LogP contribution in [0.2, 0.25) is 0 Å². The van der Waals surface area contributed by atoms with Crippen molar-refractivity contribution in [2.75, 3.05) is 26.2 Å². The van der Waals surface area contributed by atoms with E-state index in [1.807, 2.05) is 24.3 Å². The molecule has 0 N–H and O–H groups in total. The van der Waals surface area contributed by atoms with Gasteiger partial charge in [-0.2, -0.15) is 0 Å². The number of carbonyl (C=O) groups excluding carboxylic acids is 1. The van der Waals surface area contributed by atoms with Crippen molar-refractivity contribution < 1.29 is 13.6 Å². The van der Waals surface area contributed by atoms with Gasteiger partial charge in [0.05, 0.1) is 6.26 Å². The van der Waals surface area contributed by atoms with Gasteiger partial charge < -0.3 is 9.32 Å². The SMILES string of the molecule is O=C1CC[C@@H]2CN(CC=Cc3ccco3)CC[C@@H]2N1CCc1cccc(F)c1. The van der Waals surface area contributed by atoms with Crippen LogP contribution in [0.25, 0.3) is 6.08 Å². The molecule has 1 aromatic heterocycles. The zero-order chi connectivity index (χ0) is 19.3. The van der Waals surface area contributed by atoms with Crippen molar-refractivity contribution in [3.05, 3.63) is 65.9 Å². The molecule has 148 valence electrons. The average molecular weight is 382 g/mol. The van der Waals surface area contributed by atoms with E-state index >= 15 is 0 Å². The summed E-state index contributed by atoms with van der Waals surface area (Å²) in [5.41, 5.74) is 0.954. The van der Waals surface area contributed by atoms with Crippen molar-refractivity contribution in [2.24, 2.45) is 5.92 Å². The molecule has 0 radical (unpaired) electrons. The van der Waals surface area contributed by atoms with Crippen molar-refractivity contribution in [2.45, 2.75) is 31.7 Å². The molecule has 0 aliphatic carbocycles. The third-order valence-electron chi connectivity index (χ3n) is 5.95. The van der Waals surface area contributed by atoms with Gasteiger partial charge in [0, 0.05) is 38.6 Å². The van der Waals surface area contributed by atoms with Gasteiger partial charge in [-0.1, -0.05) is 18.2 Å². The summed E-state index contributed by atoms with van der Waals surface area (Å²) in [6, 6.07) is 10.9. The van der Waals surface area contributed by atoms with Crippen LogP contribution in [0.5, 0.6) is 0 Å². The number of furan rings is 1. The summed E-state index contributed by atoms with van der Waals surface area (Å²) in [5, 5.41) is 0. The smallest absolute Gasteiger partial charge is 0.222 e. The molecule has 5 heteroatoms. The summed E-state index contributed by atoms with van der Waals surface area (Å²) in [4.78, 5) is 17.1. The second-order valence-corrected chi connectivity index (χ2v) is 7.80. The van der Waals surface area contributed by atoms with Gasteiger partial charge in [0.25, 0.3) is 0 Å². The fourth-order valence-electron chi connectivity index (χ4n) is 4.53. The lowest BCUT2D eigenvalue weighted by Gasteiger charge is -2.47. The number of hydrogen-bond donors (Lipinski definition) is 0. The maximum Gasteiger partial charge on any atom is 0.222 e. The summed E-state index contributed by atoms with van der Waals surface area (Å²) in [6.45, 7) is 3.60. The first-order chi connectivity index (χ1) is 13.7. The number of hydrogen-bond acceptors (Lipinski definition) is 3. The van der Waals surface area contributed by atoms with E-state index in [2.05, 4.69) is 15.9 Å². The van der Waals surface area contributed by atoms with E-state index in [-0.39, 0.29) is 11.7 Å². The molecule has 4 rings (SSSR count). The standard InChI is InChI=1S/C23H27FN2O2/c24-20-5-1-4-18(16-20)10-14-26-22-11-13-25(17-19(22)8-9-23(26)27)12-2-6-21-7-3-15-28-21/h1-7,15-16,19,22H,8-14,17H2/t19-,22+/m1/s1. The van der Waals surface area contributed by atoms with Crippen molar-refractivity contribution in [3.8, 4) is 0 Å². The Morgan fingerprint density at radius 1 is 1.21 bits per heavy atom. The second kappa shape index (κ2) is 8.74. The van der Waals surface area contributed by atoms with Crippen molar-refractivity contribution >= 4 is 12.0 Å². The molecular formula is C23H27FN2O2. The number of benzene rings is 1. The third kappa shape index (κ3) is 4.53. The molecule has 3 heterocycles. The lowest BCUT2D eigenvalue weighted by atomic mass is 9.83.